The highest BCUT2D eigenvalue weighted by molar-refractivity contribution is 5.94. The van der Waals surface area contributed by atoms with Gasteiger partial charge in [0.1, 0.15) is 6.10 Å². The molecule has 1 amide bonds. The van der Waals surface area contributed by atoms with E-state index in [0.29, 0.717) is 25.3 Å². The van der Waals surface area contributed by atoms with Gasteiger partial charge in [0.2, 0.25) is 0 Å². The minimum absolute atomic E-state index is 0.0241. The number of pyridine rings is 2. The SMILES string of the molecule is O=C(c1ccncc1)N1CCOC2CCC1C2OCc1ccncc1. The summed E-state index contributed by atoms with van der Waals surface area (Å²) >= 11 is 0. The molecule has 2 aliphatic rings. The van der Waals surface area contributed by atoms with Crippen LogP contribution in [0.25, 0.3) is 0 Å². The van der Waals surface area contributed by atoms with Gasteiger partial charge in [-0.25, -0.2) is 0 Å². The number of hydrogen-bond acceptors (Lipinski definition) is 5. The van der Waals surface area contributed by atoms with Crippen molar-refractivity contribution in [1.29, 1.82) is 0 Å². The van der Waals surface area contributed by atoms with Crippen LogP contribution in [0.4, 0.5) is 0 Å². The maximum atomic E-state index is 12.9. The summed E-state index contributed by atoms with van der Waals surface area (Å²) in [6, 6.07) is 7.45. The van der Waals surface area contributed by atoms with Gasteiger partial charge < -0.3 is 14.4 Å². The predicted octanol–water partition coefficient (Wildman–Crippen LogP) is 2.07. The van der Waals surface area contributed by atoms with E-state index in [0.717, 1.165) is 18.4 Å². The number of carbonyl (C=O) groups excluding carboxylic acids is 1. The summed E-state index contributed by atoms with van der Waals surface area (Å²) in [5.41, 5.74) is 1.74. The van der Waals surface area contributed by atoms with Crippen LogP contribution in [0.3, 0.4) is 0 Å². The molecule has 1 saturated heterocycles. The zero-order valence-corrected chi connectivity index (χ0v) is 14.0. The van der Waals surface area contributed by atoms with Gasteiger partial charge in [-0.3, -0.25) is 14.8 Å². The second-order valence-corrected chi connectivity index (χ2v) is 6.42. The van der Waals surface area contributed by atoms with Crippen LogP contribution in [0.5, 0.6) is 0 Å². The van der Waals surface area contributed by atoms with Gasteiger partial charge in [0.25, 0.3) is 5.91 Å². The average molecular weight is 339 g/mol. The topological polar surface area (TPSA) is 64.6 Å². The normalized spacial score (nSPS) is 25.6. The summed E-state index contributed by atoms with van der Waals surface area (Å²) in [5, 5.41) is 0. The molecule has 130 valence electrons. The first-order valence-corrected chi connectivity index (χ1v) is 8.66. The Labute approximate surface area is 146 Å². The molecular weight excluding hydrogens is 318 g/mol. The zero-order chi connectivity index (χ0) is 17.1. The highest BCUT2D eigenvalue weighted by Crippen LogP contribution is 2.33. The molecule has 1 aliphatic carbocycles. The Balaban J connectivity index is 1.51. The zero-order valence-electron chi connectivity index (χ0n) is 14.0. The number of rotatable bonds is 4. The quantitative estimate of drug-likeness (QED) is 0.853. The van der Waals surface area contributed by atoms with Crippen LogP contribution in [0.15, 0.2) is 49.1 Å². The van der Waals surface area contributed by atoms with Gasteiger partial charge in [0, 0.05) is 36.9 Å². The van der Waals surface area contributed by atoms with Crippen molar-refractivity contribution in [3.63, 3.8) is 0 Å². The van der Waals surface area contributed by atoms with Crippen LogP contribution in [0, 0.1) is 0 Å². The van der Waals surface area contributed by atoms with Crippen molar-refractivity contribution in [2.45, 2.75) is 37.7 Å². The van der Waals surface area contributed by atoms with Gasteiger partial charge in [-0.1, -0.05) is 0 Å². The van der Waals surface area contributed by atoms with Gasteiger partial charge in [-0.15, -0.1) is 0 Å². The molecule has 0 N–H and O–H groups in total. The number of aromatic nitrogens is 2. The Morgan fingerprint density at radius 3 is 2.60 bits per heavy atom. The fourth-order valence-corrected chi connectivity index (χ4v) is 3.69. The molecule has 1 saturated carbocycles. The maximum Gasteiger partial charge on any atom is 0.254 e. The van der Waals surface area contributed by atoms with Crippen LogP contribution in [0.2, 0.25) is 0 Å². The van der Waals surface area contributed by atoms with Gasteiger partial charge in [-0.2, -0.15) is 0 Å². The first kappa shape index (κ1) is 16.2. The molecule has 2 aromatic rings. The smallest absolute Gasteiger partial charge is 0.254 e. The lowest BCUT2D eigenvalue weighted by Gasteiger charge is -2.31. The Morgan fingerprint density at radius 2 is 1.84 bits per heavy atom. The molecule has 6 heteroatoms. The summed E-state index contributed by atoms with van der Waals surface area (Å²) in [7, 11) is 0. The lowest BCUT2D eigenvalue weighted by atomic mass is 10.1. The van der Waals surface area contributed by atoms with Gasteiger partial charge >= 0.3 is 0 Å². The number of ether oxygens (including phenoxy) is 2. The van der Waals surface area contributed by atoms with E-state index in [1.54, 1.807) is 36.9 Å². The monoisotopic (exact) mass is 339 g/mol. The van der Waals surface area contributed by atoms with Gasteiger partial charge in [0.15, 0.2) is 0 Å². The third-order valence-electron chi connectivity index (χ3n) is 4.94. The summed E-state index contributed by atoms with van der Waals surface area (Å²) in [6.45, 7) is 1.64. The van der Waals surface area contributed by atoms with E-state index in [2.05, 4.69) is 9.97 Å². The second-order valence-electron chi connectivity index (χ2n) is 6.42. The van der Waals surface area contributed by atoms with Gasteiger partial charge in [-0.05, 0) is 42.7 Å². The molecule has 3 heterocycles. The Kier molecular flexibility index (Phi) is 4.72. The number of amides is 1. The third-order valence-corrected chi connectivity index (χ3v) is 4.94. The van der Waals surface area contributed by atoms with Crippen molar-refractivity contribution in [2.24, 2.45) is 0 Å². The van der Waals surface area contributed by atoms with E-state index < -0.39 is 0 Å². The standard InChI is InChI=1S/C19H21N3O3/c23-19(15-5-9-21-10-6-15)22-11-12-24-17-2-1-16(22)18(17)25-13-14-3-7-20-8-4-14/h3-10,16-18H,1-2,11-13H2. The van der Waals surface area contributed by atoms with Gasteiger partial charge in [0.05, 0.1) is 25.4 Å². The number of hydrogen-bond donors (Lipinski definition) is 0. The highest BCUT2D eigenvalue weighted by atomic mass is 16.5. The second kappa shape index (κ2) is 7.29. The molecule has 1 aliphatic heterocycles. The fraction of sp³-hybridized carbons (Fsp3) is 0.421. The average Bonchev–Trinajstić information content (AvgIpc) is 2.96. The molecule has 2 aromatic heterocycles. The van der Waals surface area contributed by atoms with Crippen molar-refractivity contribution in [2.75, 3.05) is 13.2 Å². The fourth-order valence-electron chi connectivity index (χ4n) is 3.69. The molecular formula is C19H21N3O3. The molecule has 0 aromatic carbocycles. The third kappa shape index (κ3) is 3.41. The highest BCUT2D eigenvalue weighted by Gasteiger charge is 2.44. The summed E-state index contributed by atoms with van der Waals surface area (Å²) < 4.78 is 12.2. The van der Waals surface area contributed by atoms with E-state index in [-0.39, 0.29) is 24.2 Å². The van der Waals surface area contributed by atoms with Crippen LogP contribution in [0.1, 0.15) is 28.8 Å². The molecule has 3 atom stereocenters. The lowest BCUT2D eigenvalue weighted by Crippen LogP contribution is -2.46. The number of carbonyl (C=O) groups is 1. The molecule has 2 fully saturated rings. The number of nitrogens with zero attached hydrogens (tertiary/aromatic N) is 3. The summed E-state index contributed by atoms with van der Waals surface area (Å²) in [4.78, 5) is 22.9. The van der Waals surface area contributed by atoms with E-state index in [4.69, 9.17) is 9.47 Å². The Morgan fingerprint density at radius 1 is 1.12 bits per heavy atom. The van der Waals surface area contributed by atoms with Crippen LogP contribution in [-0.4, -0.2) is 52.2 Å². The van der Waals surface area contributed by atoms with Crippen LogP contribution in [-0.2, 0) is 16.1 Å². The first-order valence-electron chi connectivity index (χ1n) is 8.66. The molecule has 6 nitrogen and oxygen atoms in total. The summed E-state index contributed by atoms with van der Waals surface area (Å²) in [5.74, 6) is 0.0241. The van der Waals surface area contributed by atoms with Crippen molar-refractivity contribution in [3.8, 4) is 0 Å². The first-order chi connectivity index (χ1) is 12.3. The molecule has 2 bridgehead atoms. The lowest BCUT2D eigenvalue weighted by molar-refractivity contribution is -0.0597. The molecule has 0 spiro atoms. The van der Waals surface area contributed by atoms with Crippen LogP contribution < -0.4 is 0 Å². The van der Waals surface area contributed by atoms with Crippen molar-refractivity contribution in [1.82, 2.24) is 14.9 Å². The van der Waals surface area contributed by atoms with Crippen molar-refractivity contribution < 1.29 is 14.3 Å². The van der Waals surface area contributed by atoms with E-state index in [9.17, 15) is 4.79 Å². The molecule has 4 rings (SSSR count). The minimum Gasteiger partial charge on any atom is -0.374 e. The van der Waals surface area contributed by atoms with Crippen molar-refractivity contribution >= 4 is 5.91 Å². The molecule has 25 heavy (non-hydrogen) atoms. The summed E-state index contributed by atoms with van der Waals surface area (Å²) in [6.07, 6.45) is 8.61. The largest absolute Gasteiger partial charge is 0.374 e. The van der Waals surface area contributed by atoms with E-state index >= 15 is 0 Å². The molecule has 0 radical (unpaired) electrons. The minimum atomic E-state index is -0.0959. The van der Waals surface area contributed by atoms with E-state index in [1.165, 1.54) is 0 Å². The Bertz CT molecular complexity index is 710. The number of fused-ring (bicyclic) bond motifs is 2. The van der Waals surface area contributed by atoms with Crippen LogP contribution >= 0.6 is 0 Å². The van der Waals surface area contributed by atoms with E-state index in [1.807, 2.05) is 17.0 Å². The predicted molar refractivity (Wildman–Crippen MR) is 90.8 cm³/mol. The van der Waals surface area contributed by atoms with Crippen molar-refractivity contribution in [3.05, 3.63) is 60.2 Å². The molecule has 3 unspecified atom stereocenters. The maximum absolute atomic E-state index is 12.9. The Hall–Kier alpha value is -2.31.